The van der Waals surface area contributed by atoms with Gasteiger partial charge in [0.05, 0.1) is 24.4 Å². The van der Waals surface area contributed by atoms with E-state index >= 15 is 0 Å². The number of hydrazine groups is 1. The fourth-order valence-corrected chi connectivity index (χ4v) is 3.57. The van der Waals surface area contributed by atoms with E-state index in [1.54, 1.807) is 35.2 Å². The predicted molar refractivity (Wildman–Crippen MR) is 126 cm³/mol. The highest BCUT2D eigenvalue weighted by atomic mass is 35.5. The Balaban J connectivity index is 1.63. The third-order valence-electron chi connectivity index (χ3n) is 5.24. The number of carbonyl (C=O) groups is 3. The molecule has 3 amide bonds. The van der Waals surface area contributed by atoms with Crippen LogP contribution < -0.4 is 25.2 Å². The molecule has 0 unspecified atom stereocenters. The number of hydrogen-bond acceptors (Lipinski definition) is 5. The minimum Gasteiger partial charge on any atom is -0.493 e. The van der Waals surface area contributed by atoms with Crippen LogP contribution in [0.1, 0.15) is 53.8 Å². The molecule has 2 aromatic rings. The Bertz CT molecular complexity index is 1040. The van der Waals surface area contributed by atoms with E-state index in [4.69, 9.17) is 21.1 Å². The van der Waals surface area contributed by atoms with Crippen LogP contribution in [0, 0.1) is 5.92 Å². The molecule has 1 aliphatic heterocycles. The van der Waals surface area contributed by atoms with Crippen molar-refractivity contribution in [1.29, 1.82) is 0 Å². The van der Waals surface area contributed by atoms with Crippen molar-refractivity contribution in [2.45, 2.75) is 33.1 Å². The standard InChI is InChI=1S/C24H28ClN3O5/c1-15(2)10-12-33-20-9-7-17(14-21(20)32-3)24(31)27-26-23(30)16-6-8-18(25)19(13-16)28-11-4-5-22(28)29/h6-9,13-15H,4-5,10-12H2,1-3H3,(H,26,30)(H,27,31). The highest BCUT2D eigenvalue weighted by Crippen LogP contribution is 2.31. The lowest BCUT2D eigenvalue weighted by Gasteiger charge is -2.18. The molecular weight excluding hydrogens is 446 g/mol. The molecule has 0 atom stereocenters. The van der Waals surface area contributed by atoms with E-state index in [1.807, 2.05) is 0 Å². The number of nitrogens with zero attached hydrogens (tertiary/aromatic N) is 1. The lowest BCUT2D eigenvalue weighted by atomic mass is 10.1. The summed E-state index contributed by atoms with van der Waals surface area (Å²) in [6.07, 6.45) is 2.09. The monoisotopic (exact) mass is 473 g/mol. The summed E-state index contributed by atoms with van der Waals surface area (Å²) in [5.41, 5.74) is 5.82. The Morgan fingerprint density at radius 3 is 2.33 bits per heavy atom. The average Bonchev–Trinajstić information content (AvgIpc) is 3.23. The van der Waals surface area contributed by atoms with Gasteiger partial charge in [0, 0.05) is 24.1 Å². The zero-order chi connectivity index (χ0) is 24.0. The molecule has 33 heavy (non-hydrogen) atoms. The Morgan fingerprint density at radius 2 is 1.73 bits per heavy atom. The van der Waals surface area contributed by atoms with E-state index in [1.165, 1.54) is 13.2 Å². The van der Waals surface area contributed by atoms with Crippen LogP contribution in [0.15, 0.2) is 36.4 Å². The first-order chi connectivity index (χ1) is 15.8. The van der Waals surface area contributed by atoms with Crippen LogP contribution in [0.5, 0.6) is 11.5 Å². The van der Waals surface area contributed by atoms with Crippen LogP contribution in [-0.4, -0.2) is 38.0 Å². The number of nitrogens with one attached hydrogen (secondary N) is 2. The van der Waals surface area contributed by atoms with E-state index in [9.17, 15) is 14.4 Å². The topological polar surface area (TPSA) is 97.0 Å². The Labute approximate surface area is 198 Å². The molecule has 2 aromatic carbocycles. The third-order valence-corrected chi connectivity index (χ3v) is 5.56. The van der Waals surface area contributed by atoms with Gasteiger partial charge in [-0.1, -0.05) is 25.4 Å². The first-order valence-electron chi connectivity index (χ1n) is 10.8. The van der Waals surface area contributed by atoms with Crippen LogP contribution in [0.4, 0.5) is 5.69 Å². The minimum atomic E-state index is -0.534. The maximum Gasteiger partial charge on any atom is 0.269 e. The summed E-state index contributed by atoms with van der Waals surface area (Å²) in [4.78, 5) is 38.7. The van der Waals surface area contributed by atoms with E-state index < -0.39 is 11.8 Å². The summed E-state index contributed by atoms with van der Waals surface area (Å²) in [6, 6.07) is 9.43. The van der Waals surface area contributed by atoms with Crippen LogP contribution in [-0.2, 0) is 4.79 Å². The molecule has 0 radical (unpaired) electrons. The second-order valence-corrected chi connectivity index (χ2v) is 8.53. The minimum absolute atomic E-state index is 0.0339. The van der Waals surface area contributed by atoms with Gasteiger partial charge in [-0.15, -0.1) is 0 Å². The lowest BCUT2D eigenvalue weighted by Crippen LogP contribution is -2.41. The quantitative estimate of drug-likeness (QED) is 0.565. The summed E-state index contributed by atoms with van der Waals surface area (Å²) in [5.74, 6) is 0.401. The molecular formula is C24H28ClN3O5. The van der Waals surface area contributed by atoms with Gasteiger partial charge in [0.25, 0.3) is 11.8 Å². The predicted octanol–water partition coefficient (Wildman–Crippen LogP) is 3.98. The van der Waals surface area contributed by atoms with Gasteiger partial charge in [-0.05, 0) is 55.2 Å². The second kappa shape index (κ2) is 11.0. The Morgan fingerprint density at radius 1 is 1.06 bits per heavy atom. The summed E-state index contributed by atoms with van der Waals surface area (Å²) in [7, 11) is 1.50. The number of hydrogen-bond donors (Lipinski definition) is 2. The number of benzene rings is 2. The van der Waals surface area contributed by atoms with Gasteiger partial charge in [-0.3, -0.25) is 25.2 Å². The number of anilines is 1. The zero-order valence-corrected chi connectivity index (χ0v) is 19.7. The number of rotatable bonds is 8. The Hall–Kier alpha value is -3.26. The highest BCUT2D eigenvalue weighted by Gasteiger charge is 2.24. The van der Waals surface area contributed by atoms with Gasteiger partial charge >= 0.3 is 0 Å². The molecule has 1 heterocycles. The van der Waals surface area contributed by atoms with Gasteiger partial charge in [0.1, 0.15) is 0 Å². The number of carbonyl (C=O) groups excluding carboxylic acids is 3. The van der Waals surface area contributed by atoms with Gasteiger partial charge in [-0.2, -0.15) is 0 Å². The normalized spacial score (nSPS) is 13.2. The Kier molecular flexibility index (Phi) is 8.16. The van der Waals surface area contributed by atoms with Crippen LogP contribution in [0.25, 0.3) is 0 Å². The fraction of sp³-hybridized carbons (Fsp3) is 0.375. The van der Waals surface area contributed by atoms with Crippen molar-refractivity contribution in [1.82, 2.24) is 10.9 Å². The van der Waals surface area contributed by atoms with Crippen LogP contribution in [0.2, 0.25) is 5.02 Å². The first kappa shape index (κ1) is 24.4. The summed E-state index contributed by atoms with van der Waals surface area (Å²) < 4.78 is 11.1. The molecule has 0 spiro atoms. The van der Waals surface area contributed by atoms with Crippen molar-refractivity contribution < 1.29 is 23.9 Å². The SMILES string of the molecule is COc1cc(C(=O)NNC(=O)c2ccc(Cl)c(N3CCCC3=O)c2)ccc1OCCC(C)C. The average molecular weight is 474 g/mol. The molecule has 176 valence electrons. The van der Waals surface area contributed by atoms with Crippen molar-refractivity contribution in [3.8, 4) is 11.5 Å². The smallest absolute Gasteiger partial charge is 0.269 e. The molecule has 0 saturated carbocycles. The van der Waals surface area contributed by atoms with Crippen molar-refractivity contribution in [3.63, 3.8) is 0 Å². The van der Waals surface area contributed by atoms with Gasteiger partial charge < -0.3 is 14.4 Å². The summed E-state index contributed by atoms with van der Waals surface area (Å²) in [6.45, 7) is 5.32. The molecule has 1 aliphatic rings. The van der Waals surface area contributed by atoms with E-state index in [0.717, 1.165) is 12.8 Å². The van der Waals surface area contributed by atoms with Gasteiger partial charge in [0.2, 0.25) is 5.91 Å². The lowest BCUT2D eigenvalue weighted by molar-refractivity contribution is -0.117. The third kappa shape index (κ3) is 6.16. The zero-order valence-electron chi connectivity index (χ0n) is 18.9. The molecule has 2 N–H and O–H groups in total. The highest BCUT2D eigenvalue weighted by molar-refractivity contribution is 6.34. The van der Waals surface area contributed by atoms with E-state index in [0.29, 0.717) is 53.3 Å². The first-order valence-corrected chi connectivity index (χ1v) is 11.2. The fourth-order valence-electron chi connectivity index (χ4n) is 3.35. The maximum atomic E-state index is 12.6. The molecule has 3 rings (SSSR count). The number of ether oxygens (including phenoxy) is 2. The van der Waals surface area contributed by atoms with Crippen LogP contribution in [0.3, 0.4) is 0 Å². The van der Waals surface area contributed by atoms with Crippen molar-refractivity contribution in [3.05, 3.63) is 52.5 Å². The van der Waals surface area contributed by atoms with Crippen molar-refractivity contribution >= 4 is 35.0 Å². The van der Waals surface area contributed by atoms with Gasteiger partial charge in [0.15, 0.2) is 11.5 Å². The van der Waals surface area contributed by atoms with E-state index in [2.05, 4.69) is 24.7 Å². The molecule has 0 aliphatic carbocycles. The molecule has 0 aromatic heterocycles. The number of methoxy groups -OCH3 is 1. The molecule has 1 saturated heterocycles. The largest absolute Gasteiger partial charge is 0.493 e. The van der Waals surface area contributed by atoms with Crippen molar-refractivity contribution in [2.75, 3.05) is 25.2 Å². The van der Waals surface area contributed by atoms with Crippen molar-refractivity contribution in [2.24, 2.45) is 5.92 Å². The van der Waals surface area contributed by atoms with Gasteiger partial charge in [-0.25, -0.2) is 0 Å². The number of halogens is 1. The summed E-state index contributed by atoms with van der Waals surface area (Å²) in [5, 5.41) is 0.383. The molecule has 8 nitrogen and oxygen atoms in total. The van der Waals surface area contributed by atoms with E-state index in [-0.39, 0.29) is 11.5 Å². The molecule has 1 fully saturated rings. The number of amides is 3. The molecule has 9 heteroatoms. The second-order valence-electron chi connectivity index (χ2n) is 8.12. The van der Waals surface area contributed by atoms with Crippen LogP contribution >= 0.6 is 11.6 Å². The molecule has 0 bridgehead atoms. The summed E-state index contributed by atoms with van der Waals surface area (Å²) >= 11 is 6.22. The maximum absolute atomic E-state index is 12.6.